The van der Waals surface area contributed by atoms with E-state index in [1.807, 2.05) is 82.8 Å². The Bertz CT molecular complexity index is 1240. The van der Waals surface area contributed by atoms with Gasteiger partial charge in [0.1, 0.15) is 0 Å². The zero-order chi connectivity index (χ0) is 21.0. The lowest BCUT2D eigenvalue weighted by Crippen LogP contribution is -2.16. The number of anilines is 1. The Morgan fingerprint density at radius 1 is 0.935 bits per heavy atom. The summed E-state index contributed by atoms with van der Waals surface area (Å²) in [5.74, 6) is -0.00816. The van der Waals surface area contributed by atoms with E-state index in [1.54, 1.807) is 11.3 Å². The number of nitrogens with zero attached hydrogens (tertiary/aromatic N) is 2. The summed E-state index contributed by atoms with van der Waals surface area (Å²) >= 11 is 1.60. The fourth-order valence-electron chi connectivity index (χ4n) is 3.82. The molecule has 0 saturated carbocycles. The molecule has 0 fully saturated rings. The van der Waals surface area contributed by atoms with E-state index in [2.05, 4.69) is 34.6 Å². The van der Waals surface area contributed by atoms with Gasteiger partial charge in [-0.05, 0) is 23.3 Å². The number of nitrogens with one attached hydrogen (secondary N) is 1. The minimum atomic E-state index is -0.0133. The molecule has 0 unspecified atom stereocenters. The van der Waals surface area contributed by atoms with Gasteiger partial charge in [-0.2, -0.15) is 0 Å². The van der Waals surface area contributed by atoms with Gasteiger partial charge >= 0.3 is 0 Å². The summed E-state index contributed by atoms with van der Waals surface area (Å²) in [6, 6.07) is 28.2. The Labute approximate surface area is 184 Å². The first-order valence-electron chi connectivity index (χ1n) is 10.2. The number of thiazole rings is 1. The molecule has 0 atom stereocenters. The lowest BCUT2D eigenvalue weighted by atomic mass is 9.88. The Kier molecular flexibility index (Phi) is 5.33. The average molecular weight is 424 g/mol. The largest absolute Gasteiger partial charge is 0.326 e. The maximum Gasteiger partial charge on any atom is 0.225 e. The summed E-state index contributed by atoms with van der Waals surface area (Å²) in [7, 11) is 0. The number of fused-ring (bicyclic) bond motifs is 1. The first-order valence-corrected chi connectivity index (χ1v) is 11.1. The van der Waals surface area contributed by atoms with Crippen molar-refractivity contribution in [2.45, 2.75) is 12.3 Å². The van der Waals surface area contributed by atoms with Gasteiger partial charge in [0.15, 0.2) is 4.96 Å². The number of carbonyl (C=O) groups is 1. The third kappa shape index (κ3) is 4.27. The highest BCUT2D eigenvalue weighted by atomic mass is 32.1. The number of rotatable bonds is 6. The van der Waals surface area contributed by atoms with Crippen molar-refractivity contribution in [3.05, 3.63) is 114 Å². The molecule has 5 heteroatoms. The second-order valence-electron chi connectivity index (χ2n) is 7.43. The van der Waals surface area contributed by atoms with E-state index in [1.165, 1.54) is 0 Å². The first kappa shape index (κ1) is 19.3. The first-order chi connectivity index (χ1) is 15.3. The van der Waals surface area contributed by atoms with Crippen LogP contribution in [-0.4, -0.2) is 15.3 Å². The molecule has 31 heavy (non-hydrogen) atoms. The molecule has 0 aliphatic rings. The van der Waals surface area contributed by atoms with Crippen LogP contribution in [0.2, 0.25) is 0 Å². The molecular formula is C26H21N3OS. The van der Waals surface area contributed by atoms with E-state index in [0.29, 0.717) is 6.42 Å². The van der Waals surface area contributed by atoms with Crippen molar-refractivity contribution in [2.75, 3.05) is 5.32 Å². The van der Waals surface area contributed by atoms with E-state index < -0.39 is 0 Å². The molecule has 0 radical (unpaired) electrons. The van der Waals surface area contributed by atoms with Gasteiger partial charge in [-0.15, -0.1) is 11.3 Å². The van der Waals surface area contributed by atoms with E-state index in [-0.39, 0.29) is 11.8 Å². The van der Waals surface area contributed by atoms with Crippen LogP contribution in [0.5, 0.6) is 0 Å². The van der Waals surface area contributed by atoms with Gasteiger partial charge in [-0.25, -0.2) is 4.98 Å². The van der Waals surface area contributed by atoms with Crippen LogP contribution in [0.3, 0.4) is 0 Å². The number of hydrogen-bond donors (Lipinski definition) is 1. The SMILES string of the molecule is O=C(CC(c1ccccc1)c1ccccc1)Nc1cccc(-c2cn3ccsc3n2)c1. The lowest BCUT2D eigenvalue weighted by molar-refractivity contribution is -0.116. The van der Waals surface area contributed by atoms with Crippen molar-refractivity contribution in [3.8, 4) is 11.3 Å². The molecule has 2 heterocycles. The highest BCUT2D eigenvalue weighted by molar-refractivity contribution is 7.15. The summed E-state index contributed by atoms with van der Waals surface area (Å²) in [4.78, 5) is 18.6. The van der Waals surface area contributed by atoms with Crippen molar-refractivity contribution in [1.82, 2.24) is 9.38 Å². The molecule has 5 aromatic rings. The summed E-state index contributed by atoms with van der Waals surface area (Å²) in [5.41, 5.74) is 4.93. The molecule has 5 rings (SSSR count). The van der Waals surface area contributed by atoms with Crippen molar-refractivity contribution in [1.29, 1.82) is 0 Å². The topological polar surface area (TPSA) is 46.4 Å². The molecular weight excluding hydrogens is 402 g/mol. The highest BCUT2D eigenvalue weighted by Gasteiger charge is 2.18. The Hall–Kier alpha value is -3.70. The number of amides is 1. The number of hydrogen-bond acceptors (Lipinski definition) is 3. The molecule has 2 aromatic heterocycles. The molecule has 152 valence electrons. The van der Waals surface area contributed by atoms with E-state index in [9.17, 15) is 4.79 Å². The monoisotopic (exact) mass is 423 g/mol. The lowest BCUT2D eigenvalue weighted by Gasteiger charge is -2.18. The number of aromatic nitrogens is 2. The van der Waals surface area contributed by atoms with E-state index in [0.717, 1.165) is 33.0 Å². The number of imidazole rings is 1. The van der Waals surface area contributed by atoms with Gasteiger partial charge in [0, 0.05) is 41.4 Å². The van der Waals surface area contributed by atoms with Crippen LogP contribution in [0.25, 0.3) is 16.2 Å². The van der Waals surface area contributed by atoms with E-state index >= 15 is 0 Å². The van der Waals surface area contributed by atoms with Crippen LogP contribution >= 0.6 is 11.3 Å². The third-order valence-electron chi connectivity index (χ3n) is 5.33. The predicted molar refractivity (Wildman–Crippen MR) is 126 cm³/mol. The maximum absolute atomic E-state index is 13.0. The second kappa shape index (κ2) is 8.58. The third-order valence-corrected chi connectivity index (χ3v) is 6.10. The van der Waals surface area contributed by atoms with Crippen LogP contribution in [0.1, 0.15) is 23.5 Å². The van der Waals surface area contributed by atoms with Gasteiger partial charge in [-0.3, -0.25) is 9.20 Å². The van der Waals surface area contributed by atoms with Gasteiger partial charge in [0.05, 0.1) is 5.69 Å². The maximum atomic E-state index is 13.0. The van der Waals surface area contributed by atoms with E-state index in [4.69, 9.17) is 0 Å². The standard InChI is InChI=1S/C26H21N3OS/c30-25(17-23(19-8-3-1-4-9-19)20-10-5-2-6-11-20)27-22-13-7-12-21(16-22)24-18-29-14-15-31-26(29)28-24/h1-16,18,23H,17H2,(H,27,30). The smallest absolute Gasteiger partial charge is 0.225 e. The van der Waals surface area contributed by atoms with Crippen molar-refractivity contribution in [3.63, 3.8) is 0 Å². The molecule has 0 aliphatic carbocycles. The van der Waals surface area contributed by atoms with Crippen LogP contribution in [-0.2, 0) is 4.79 Å². The van der Waals surface area contributed by atoms with Crippen molar-refractivity contribution in [2.24, 2.45) is 0 Å². The van der Waals surface area contributed by atoms with Crippen LogP contribution in [0.15, 0.2) is 103 Å². The molecule has 0 aliphatic heterocycles. The van der Waals surface area contributed by atoms with Crippen LogP contribution in [0, 0.1) is 0 Å². The molecule has 1 N–H and O–H groups in total. The fraction of sp³-hybridized carbons (Fsp3) is 0.0769. The van der Waals surface area contributed by atoms with Crippen LogP contribution in [0.4, 0.5) is 5.69 Å². The number of carbonyl (C=O) groups excluding carboxylic acids is 1. The second-order valence-corrected chi connectivity index (χ2v) is 8.30. The van der Waals surface area contributed by atoms with Crippen LogP contribution < -0.4 is 5.32 Å². The van der Waals surface area contributed by atoms with Gasteiger partial charge in [0.2, 0.25) is 5.91 Å². The molecule has 0 saturated heterocycles. The molecule has 3 aromatic carbocycles. The van der Waals surface area contributed by atoms with Gasteiger partial charge < -0.3 is 5.32 Å². The normalized spacial score (nSPS) is 11.1. The summed E-state index contributed by atoms with van der Waals surface area (Å²) in [5, 5.41) is 5.09. The predicted octanol–water partition coefficient (Wildman–Crippen LogP) is 6.22. The Balaban J connectivity index is 1.36. The molecule has 0 bridgehead atoms. The minimum Gasteiger partial charge on any atom is -0.326 e. The number of benzene rings is 3. The van der Waals surface area contributed by atoms with Gasteiger partial charge in [-0.1, -0.05) is 72.8 Å². The summed E-state index contributed by atoms with van der Waals surface area (Å²) in [6.45, 7) is 0. The Morgan fingerprint density at radius 2 is 1.65 bits per heavy atom. The average Bonchev–Trinajstić information content (AvgIpc) is 3.42. The quantitative estimate of drug-likeness (QED) is 0.352. The minimum absolute atomic E-state index is 0.00510. The molecule has 0 spiro atoms. The summed E-state index contributed by atoms with van der Waals surface area (Å²) in [6.07, 6.45) is 4.38. The van der Waals surface area contributed by atoms with Crippen molar-refractivity contribution >= 4 is 27.9 Å². The molecule has 1 amide bonds. The van der Waals surface area contributed by atoms with Gasteiger partial charge in [0.25, 0.3) is 0 Å². The van der Waals surface area contributed by atoms with Crippen molar-refractivity contribution < 1.29 is 4.79 Å². The zero-order valence-electron chi connectivity index (χ0n) is 16.8. The highest BCUT2D eigenvalue weighted by Crippen LogP contribution is 2.29. The zero-order valence-corrected chi connectivity index (χ0v) is 17.6. The Morgan fingerprint density at radius 3 is 2.32 bits per heavy atom. The summed E-state index contributed by atoms with van der Waals surface area (Å²) < 4.78 is 2.01. The molecule has 4 nitrogen and oxygen atoms in total. The fourth-order valence-corrected chi connectivity index (χ4v) is 4.52.